The highest BCUT2D eigenvalue weighted by Gasteiger charge is 2.46. The molecule has 0 aromatic heterocycles. The summed E-state index contributed by atoms with van der Waals surface area (Å²) in [6.45, 7) is 6.33. The van der Waals surface area contributed by atoms with E-state index in [0.717, 1.165) is 36.1 Å². The third-order valence-corrected chi connectivity index (χ3v) is 5.96. The molecule has 5 nitrogen and oxygen atoms in total. The monoisotopic (exact) mass is 358 g/mol. The molecule has 0 unspecified atom stereocenters. The van der Waals surface area contributed by atoms with Crippen LogP contribution in [0.25, 0.3) is 0 Å². The number of likely N-dealkylation sites (tertiary alicyclic amines) is 1. The van der Waals surface area contributed by atoms with Crippen LogP contribution in [0.1, 0.15) is 48.8 Å². The van der Waals surface area contributed by atoms with Gasteiger partial charge in [-0.05, 0) is 57.1 Å². The molecule has 0 bridgehead atoms. The van der Waals surface area contributed by atoms with Crippen LogP contribution in [0.2, 0.25) is 0 Å². The summed E-state index contributed by atoms with van der Waals surface area (Å²) in [5, 5.41) is 3.07. The third-order valence-electron chi connectivity index (χ3n) is 5.96. The molecule has 1 amide bonds. The van der Waals surface area contributed by atoms with Gasteiger partial charge in [-0.1, -0.05) is 30.5 Å². The Bertz CT molecular complexity index is 677. The molecule has 1 saturated heterocycles. The summed E-state index contributed by atoms with van der Waals surface area (Å²) >= 11 is 0. The molecule has 1 aliphatic heterocycles. The van der Waals surface area contributed by atoms with Crippen LogP contribution in [-0.2, 0) is 14.3 Å². The second-order valence-electron chi connectivity index (χ2n) is 7.88. The van der Waals surface area contributed by atoms with E-state index in [4.69, 9.17) is 4.74 Å². The van der Waals surface area contributed by atoms with Crippen molar-refractivity contribution in [3.8, 4) is 0 Å². The van der Waals surface area contributed by atoms with Gasteiger partial charge >= 0.3 is 5.97 Å². The lowest BCUT2D eigenvalue weighted by Crippen LogP contribution is -2.46. The number of nitrogens with one attached hydrogen (secondary N) is 1. The molecular formula is C21H30N2O3. The first-order valence-corrected chi connectivity index (χ1v) is 9.62. The van der Waals surface area contributed by atoms with Crippen molar-refractivity contribution in [1.29, 1.82) is 0 Å². The van der Waals surface area contributed by atoms with Crippen molar-refractivity contribution in [3.05, 3.63) is 28.8 Å². The number of esters is 1. The third kappa shape index (κ3) is 3.78. The van der Waals surface area contributed by atoms with Crippen molar-refractivity contribution in [2.45, 2.75) is 65.0 Å². The number of carbonyl (C=O) groups is 2. The Labute approximate surface area is 156 Å². The summed E-state index contributed by atoms with van der Waals surface area (Å²) in [6.07, 6.45) is 5.41. The Morgan fingerprint density at radius 3 is 2.46 bits per heavy atom. The van der Waals surface area contributed by atoms with Gasteiger partial charge < -0.3 is 10.1 Å². The molecular weight excluding hydrogens is 328 g/mol. The summed E-state index contributed by atoms with van der Waals surface area (Å²) in [7, 11) is 1.43. The molecule has 2 fully saturated rings. The number of methoxy groups -OCH3 is 1. The highest BCUT2D eigenvalue weighted by molar-refractivity contribution is 5.94. The predicted octanol–water partition coefficient (Wildman–Crippen LogP) is 3.36. The van der Waals surface area contributed by atoms with Gasteiger partial charge in [0.1, 0.15) is 6.04 Å². The maximum Gasteiger partial charge on any atom is 0.323 e. The molecule has 142 valence electrons. The van der Waals surface area contributed by atoms with Crippen molar-refractivity contribution in [2.24, 2.45) is 5.92 Å². The summed E-state index contributed by atoms with van der Waals surface area (Å²) in [4.78, 5) is 27.1. The van der Waals surface area contributed by atoms with Crippen LogP contribution in [-0.4, -0.2) is 42.5 Å². The first-order valence-electron chi connectivity index (χ1n) is 9.62. The van der Waals surface area contributed by atoms with Crippen LogP contribution in [0.5, 0.6) is 0 Å². The van der Waals surface area contributed by atoms with Crippen LogP contribution in [0, 0.1) is 26.7 Å². The SMILES string of the molecule is COC(=O)[C@@H]1C[C@@H]2CCCC[C@H]2N1CC(=O)Nc1c(C)cc(C)cc1C. The van der Waals surface area contributed by atoms with Crippen LogP contribution in [0.15, 0.2) is 12.1 Å². The zero-order valence-corrected chi connectivity index (χ0v) is 16.3. The van der Waals surface area contributed by atoms with E-state index in [0.29, 0.717) is 12.0 Å². The summed E-state index contributed by atoms with van der Waals surface area (Å²) in [5.74, 6) is 0.235. The van der Waals surface area contributed by atoms with Gasteiger partial charge in [0, 0.05) is 11.7 Å². The second-order valence-corrected chi connectivity index (χ2v) is 7.88. The van der Waals surface area contributed by atoms with Crippen LogP contribution < -0.4 is 5.32 Å². The molecule has 3 rings (SSSR count). The average molecular weight is 358 g/mol. The summed E-state index contributed by atoms with van der Waals surface area (Å²) in [5.41, 5.74) is 4.21. The Balaban J connectivity index is 1.75. The van der Waals surface area contributed by atoms with Gasteiger partial charge in [0.25, 0.3) is 0 Å². The van der Waals surface area contributed by atoms with Crippen LogP contribution >= 0.6 is 0 Å². The summed E-state index contributed by atoms with van der Waals surface area (Å²) < 4.78 is 5.01. The number of nitrogens with zero attached hydrogens (tertiary/aromatic N) is 1. The lowest BCUT2D eigenvalue weighted by atomic mass is 9.85. The molecule has 1 N–H and O–H groups in total. The first-order chi connectivity index (χ1) is 12.4. The van der Waals surface area contributed by atoms with E-state index in [2.05, 4.69) is 29.3 Å². The fraction of sp³-hybridized carbons (Fsp3) is 0.619. The number of benzene rings is 1. The standard InChI is InChI=1S/C21H30N2O3/c1-13-9-14(2)20(15(3)10-13)22-19(24)12-23-17-8-6-5-7-16(17)11-18(23)21(25)26-4/h9-10,16-18H,5-8,11-12H2,1-4H3,(H,22,24)/t16-,17+,18-/m0/s1. The van der Waals surface area contributed by atoms with Crippen molar-refractivity contribution in [1.82, 2.24) is 4.90 Å². The Morgan fingerprint density at radius 2 is 1.81 bits per heavy atom. The van der Waals surface area contributed by atoms with Gasteiger partial charge in [0.2, 0.25) is 5.91 Å². The topological polar surface area (TPSA) is 58.6 Å². The van der Waals surface area contributed by atoms with Crippen LogP contribution in [0.4, 0.5) is 5.69 Å². The fourth-order valence-corrected chi connectivity index (χ4v) is 4.87. The van der Waals surface area contributed by atoms with Gasteiger partial charge in [0.15, 0.2) is 0 Å². The first kappa shape index (κ1) is 18.9. The largest absolute Gasteiger partial charge is 0.468 e. The Kier molecular flexibility index (Phi) is 5.66. The van der Waals surface area contributed by atoms with Crippen molar-refractivity contribution < 1.29 is 14.3 Å². The van der Waals surface area contributed by atoms with E-state index in [1.165, 1.54) is 25.5 Å². The highest BCUT2D eigenvalue weighted by atomic mass is 16.5. The molecule has 0 spiro atoms. The number of amides is 1. The maximum absolute atomic E-state index is 12.8. The highest BCUT2D eigenvalue weighted by Crippen LogP contribution is 2.40. The van der Waals surface area contributed by atoms with Gasteiger partial charge in [0.05, 0.1) is 13.7 Å². The maximum atomic E-state index is 12.8. The Morgan fingerprint density at radius 1 is 1.15 bits per heavy atom. The number of carbonyl (C=O) groups excluding carboxylic acids is 2. The van der Waals surface area contributed by atoms with E-state index in [9.17, 15) is 9.59 Å². The van der Waals surface area contributed by atoms with Crippen LogP contribution in [0.3, 0.4) is 0 Å². The van der Waals surface area contributed by atoms with Crippen molar-refractivity contribution >= 4 is 17.6 Å². The molecule has 3 atom stereocenters. The van der Waals surface area contributed by atoms with Gasteiger partial charge in [-0.2, -0.15) is 0 Å². The number of aryl methyl sites for hydroxylation is 3. The normalized spacial score (nSPS) is 25.6. The minimum absolute atomic E-state index is 0.0554. The van der Waals surface area contributed by atoms with Gasteiger partial charge in [-0.25, -0.2) is 0 Å². The lowest BCUT2D eigenvalue weighted by molar-refractivity contribution is -0.146. The minimum Gasteiger partial charge on any atom is -0.468 e. The van der Waals surface area contributed by atoms with E-state index in [1.807, 2.05) is 13.8 Å². The number of fused-ring (bicyclic) bond motifs is 1. The number of anilines is 1. The smallest absolute Gasteiger partial charge is 0.323 e. The number of hydrogen-bond donors (Lipinski definition) is 1. The molecule has 0 radical (unpaired) electrons. The lowest BCUT2D eigenvalue weighted by Gasteiger charge is -2.32. The molecule has 1 aliphatic carbocycles. The Hall–Kier alpha value is -1.88. The molecule has 2 aliphatic rings. The predicted molar refractivity (Wildman–Crippen MR) is 102 cm³/mol. The quantitative estimate of drug-likeness (QED) is 0.839. The van der Waals surface area contributed by atoms with E-state index < -0.39 is 0 Å². The molecule has 1 heterocycles. The molecule has 1 aromatic rings. The van der Waals surface area contributed by atoms with E-state index >= 15 is 0 Å². The van der Waals surface area contributed by atoms with E-state index in [-0.39, 0.29) is 24.5 Å². The molecule has 26 heavy (non-hydrogen) atoms. The second kappa shape index (κ2) is 7.78. The van der Waals surface area contributed by atoms with Gasteiger partial charge in [-0.15, -0.1) is 0 Å². The van der Waals surface area contributed by atoms with Crippen molar-refractivity contribution in [3.63, 3.8) is 0 Å². The number of ether oxygens (including phenoxy) is 1. The zero-order chi connectivity index (χ0) is 18.8. The minimum atomic E-state index is -0.293. The molecule has 5 heteroatoms. The fourth-order valence-electron chi connectivity index (χ4n) is 4.87. The van der Waals surface area contributed by atoms with Crippen molar-refractivity contribution in [2.75, 3.05) is 19.0 Å². The average Bonchev–Trinajstić information content (AvgIpc) is 2.96. The summed E-state index contributed by atoms with van der Waals surface area (Å²) in [6, 6.07) is 4.18. The zero-order valence-electron chi connectivity index (χ0n) is 16.3. The van der Waals surface area contributed by atoms with E-state index in [1.54, 1.807) is 0 Å². The van der Waals surface area contributed by atoms with Gasteiger partial charge in [-0.3, -0.25) is 14.5 Å². The molecule has 1 saturated carbocycles. The number of hydrogen-bond acceptors (Lipinski definition) is 4. The number of rotatable bonds is 4. The molecule has 1 aromatic carbocycles.